The molecule has 1 aliphatic heterocycles. The highest BCUT2D eigenvalue weighted by Crippen LogP contribution is 2.37. The third kappa shape index (κ3) is 4.83. The molecule has 0 radical (unpaired) electrons. The summed E-state index contributed by atoms with van der Waals surface area (Å²) in [6.07, 6.45) is 1.76. The van der Waals surface area contributed by atoms with Gasteiger partial charge in [-0.05, 0) is 67.8 Å². The average Bonchev–Trinajstić information content (AvgIpc) is 2.97. The Morgan fingerprint density at radius 2 is 1.90 bits per heavy atom. The van der Waals surface area contributed by atoms with Crippen LogP contribution in [0.25, 0.3) is 6.08 Å². The quantitative estimate of drug-likeness (QED) is 0.516. The SMILES string of the molecule is CCOc1cc(/C=C2\SC(=S)N(c3ccc(C)c(C)c3)C2=O)ccc1OCC(N)=O. The number of primary amides is 1. The molecule has 1 fully saturated rings. The van der Waals surface area contributed by atoms with Gasteiger partial charge in [0.25, 0.3) is 11.8 Å². The van der Waals surface area contributed by atoms with E-state index >= 15 is 0 Å². The fourth-order valence-electron chi connectivity index (χ4n) is 2.86. The fourth-order valence-corrected chi connectivity index (χ4v) is 4.16. The highest BCUT2D eigenvalue weighted by Gasteiger charge is 2.33. The van der Waals surface area contributed by atoms with E-state index in [0.29, 0.717) is 27.3 Å². The summed E-state index contributed by atoms with van der Waals surface area (Å²) in [5.41, 5.74) is 8.90. The summed E-state index contributed by atoms with van der Waals surface area (Å²) in [6, 6.07) is 11.1. The summed E-state index contributed by atoms with van der Waals surface area (Å²) < 4.78 is 11.5. The summed E-state index contributed by atoms with van der Waals surface area (Å²) in [4.78, 5) is 26.1. The zero-order valence-electron chi connectivity index (χ0n) is 16.9. The lowest BCUT2D eigenvalue weighted by atomic mass is 10.1. The van der Waals surface area contributed by atoms with Crippen LogP contribution in [0.3, 0.4) is 0 Å². The number of nitrogens with two attached hydrogens (primary N) is 1. The van der Waals surface area contributed by atoms with Gasteiger partial charge in [-0.15, -0.1) is 0 Å². The number of hydrogen-bond donors (Lipinski definition) is 1. The van der Waals surface area contributed by atoms with E-state index in [1.165, 1.54) is 11.8 Å². The van der Waals surface area contributed by atoms with Crippen LogP contribution in [-0.4, -0.2) is 29.3 Å². The molecule has 8 heteroatoms. The monoisotopic (exact) mass is 442 g/mol. The molecule has 0 aliphatic carbocycles. The van der Waals surface area contributed by atoms with Gasteiger partial charge in [-0.25, -0.2) is 0 Å². The first kappa shape index (κ1) is 21.9. The number of aryl methyl sites for hydroxylation is 2. The predicted molar refractivity (Wildman–Crippen MR) is 124 cm³/mol. The Kier molecular flexibility index (Phi) is 6.79. The van der Waals surface area contributed by atoms with Gasteiger partial charge >= 0.3 is 0 Å². The zero-order chi connectivity index (χ0) is 21.8. The third-order valence-corrected chi connectivity index (χ3v) is 5.78. The molecule has 3 rings (SSSR count). The smallest absolute Gasteiger partial charge is 0.270 e. The van der Waals surface area contributed by atoms with Crippen molar-refractivity contribution in [2.24, 2.45) is 5.73 Å². The van der Waals surface area contributed by atoms with E-state index in [1.807, 2.05) is 39.0 Å². The molecule has 30 heavy (non-hydrogen) atoms. The van der Waals surface area contributed by atoms with Crippen LogP contribution in [0.5, 0.6) is 11.5 Å². The lowest BCUT2D eigenvalue weighted by Gasteiger charge is -2.16. The molecule has 1 aliphatic rings. The summed E-state index contributed by atoms with van der Waals surface area (Å²) in [5, 5.41) is 0. The molecule has 2 N–H and O–H groups in total. The van der Waals surface area contributed by atoms with Crippen molar-refractivity contribution in [2.75, 3.05) is 18.1 Å². The first-order valence-electron chi connectivity index (χ1n) is 9.33. The van der Waals surface area contributed by atoms with Crippen LogP contribution >= 0.6 is 24.0 Å². The Balaban J connectivity index is 1.88. The molecule has 0 bridgehead atoms. The normalized spacial score (nSPS) is 15.0. The lowest BCUT2D eigenvalue weighted by Crippen LogP contribution is -2.27. The van der Waals surface area contributed by atoms with Crippen LogP contribution in [0.4, 0.5) is 5.69 Å². The van der Waals surface area contributed by atoms with Crippen molar-refractivity contribution in [3.63, 3.8) is 0 Å². The number of benzene rings is 2. The third-order valence-electron chi connectivity index (χ3n) is 4.48. The maximum Gasteiger partial charge on any atom is 0.270 e. The standard InChI is InChI=1S/C22H22N2O4S2/c1-4-27-18-10-15(6-8-17(18)28-12-20(23)25)11-19-21(26)24(22(29)30-19)16-7-5-13(2)14(3)9-16/h5-11H,4,12H2,1-3H3,(H2,23,25)/b19-11-. The summed E-state index contributed by atoms with van der Waals surface area (Å²) in [5.74, 6) is 0.143. The van der Waals surface area contributed by atoms with E-state index in [4.69, 9.17) is 27.4 Å². The van der Waals surface area contributed by atoms with Crippen molar-refractivity contribution < 1.29 is 19.1 Å². The summed E-state index contributed by atoms with van der Waals surface area (Å²) in [7, 11) is 0. The number of hydrogen-bond acceptors (Lipinski definition) is 6. The molecule has 1 saturated heterocycles. The number of ether oxygens (including phenoxy) is 2. The second-order valence-electron chi connectivity index (χ2n) is 6.68. The first-order chi connectivity index (χ1) is 14.3. The number of rotatable bonds is 7. The Morgan fingerprint density at radius 3 is 2.57 bits per heavy atom. The fraction of sp³-hybridized carbons (Fsp3) is 0.227. The number of thiocarbonyl (C=S) groups is 1. The van der Waals surface area contributed by atoms with Crippen molar-refractivity contribution >= 4 is 51.9 Å². The van der Waals surface area contributed by atoms with E-state index in [1.54, 1.807) is 29.2 Å². The van der Waals surface area contributed by atoms with Crippen molar-refractivity contribution in [2.45, 2.75) is 20.8 Å². The van der Waals surface area contributed by atoms with E-state index in [0.717, 1.165) is 22.4 Å². The first-order valence-corrected chi connectivity index (χ1v) is 10.6. The number of thioether (sulfide) groups is 1. The van der Waals surface area contributed by atoms with Crippen LogP contribution in [-0.2, 0) is 9.59 Å². The molecule has 2 aromatic rings. The summed E-state index contributed by atoms with van der Waals surface area (Å²) in [6.45, 7) is 6.05. The second kappa shape index (κ2) is 9.32. The van der Waals surface area contributed by atoms with Gasteiger partial charge in [-0.1, -0.05) is 36.1 Å². The van der Waals surface area contributed by atoms with Gasteiger partial charge in [0.05, 0.1) is 17.2 Å². The average molecular weight is 443 g/mol. The highest BCUT2D eigenvalue weighted by atomic mass is 32.2. The molecule has 0 aromatic heterocycles. The van der Waals surface area contributed by atoms with E-state index in [-0.39, 0.29) is 12.5 Å². The Bertz CT molecular complexity index is 1050. The van der Waals surface area contributed by atoms with Crippen LogP contribution in [0.15, 0.2) is 41.3 Å². The largest absolute Gasteiger partial charge is 0.490 e. The molecule has 156 valence electrons. The van der Waals surface area contributed by atoms with Gasteiger partial charge in [-0.2, -0.15) is 0 Å². The Hall–Kier alpha value is -2.84. The van der Waals surface area contributed by atoms with Gasteiger partial charge in [0.2, 0.25) is 0 Å². The van der Waals surface area contributed by atoms with Crippen LogP contribution in [0, 0.1) is 13.8 Å². The minimum atomic E-state index is -0.573. The van der Waals surface area contributed by atoms with Gasteiger partial charge in [0, 0.05) is 0 Å². The van der Waals surface area contributed by atoms with Gasteiger partial charge in [0.15, 0.2) is 22.4 Å². The number of carbonyl (C=O) groups excluding carboxylic acids is 2. The molecule has 1 heterocycles. The molecule has 2 aromatic carbocycles. The van der Waals surface area contributed by atoms with E-state index < -0.39 is 5.91 Å². The minimum absolute atomic E-state index is 0.166. The molecular weight excluding hydrogens is 420 g/mol. The maximum atomic E-state index is 13.0. The van der Waals surface area contributed by atoms with Crippen molar-refractivity contribution in [1.82, 2.24) is 0 Å². The molecule has 0 unspecified atom stereocenters. The lowest BCUT2D eigenvalue weighted by molar-refractivity contribution is -0.120. The Labute approximate surface area is 185 Å². The molecule has 0 atom stereocenters. The van der Waals surface area contributed by atoms with Crippen LogP contribution in [0.2, 0.25) is 0 Å². The van der Waals surface area contributed by atoms with E-state index in [9.17, 15) is 9.59 Å². The molecule has 2 amide bonds. The van der Waals surface area contributed by atoms with Crippen molar-refractivity contribution in [3.8, 4) is 11.5 Å². The summed E-state index contributed by atoms with van der Waals surface area (Å²) >= 11 is 6.71. The zero-order valence-corrected chi connectivity index (χ0v) is 18.6. The minimum Gasteiger partial charge on any atom is -0.490 e. The number of anilines is 1. The molecule has 0 spiro atoms. The predicted octanol–water partition coefficient (Wildman–Crippen LogP) is 3.97. The van der Waals surface area contributed by atoms with Crippen LogP contribution in [0.1, 0.15) is 23.6 Å². The van der Waals surface area contributed by atoms with Crippen LogP contribution < -0.4 is 20.1 Å². The number of amides is 2. The highest BCUT2D eigenvalue weighted by molar-refractivity contribution is 8.27. The van der Waals surface area contributed by atoms with E-state index in [2.05, 4.69) is 0 Å². The van der Waals surface area contributed by atoms with Crippen molar-refractivity contribution in [1.29, 1.82) is 0 Å². The Morgan fingerprint density at radius 1 is 1.13 bits per heavy atom. The van der Waals surface area contributed by atoms with Crippen molar-refractivity contribution in [3.05, 3.63) is 58.0 Å². The molecular formula is C22H22N2O4S2. The van der Waals surface area contributed by atoms with Gasteiger partial charge < -0.3 is 15.2 Å². The maximum absolute atomic E-state index is 13.0. The second-order valence-corrected chi connectivity index (χ2v) is 8.36. The molecule has 0 saturated carbocycles. The van der Waals surface area contributed by atoms with Gasteiger partial charge in [-0.3, -0.25) is 14.5 Å². The van der Waals surface area contributed by atoms with Gasteiger partial charge in [0.1, 0.15) is 0 Å². The number of carbonyl (C=O) groups is 2. The number of nitrogens with zero attached hydrogens (tertiary/aromatic N) is 1. The molecule has 6 nitrogen and oxygen atoms in total. The topological polar surface area (TPSA) is 81.9 Å².